The molecule has 254 valence electrons. The van der Waals surface area contributed by atoms with Gasteiger partial charge in [-0.25, -0.2) is 19.1 Å². The first kappa shape index (κ1) is 37.9. The predicted molar refractivity (Wildman–Crippen MR) is 151 cm³/mol. The average Bonchev–Trinajstić information content (AvgIpc) is 3.61. The summed E-state index contributed by atoms with van der Waals surface area (Å²) in [4.78, 5) is 34.9. The smallest absolute Gasteiger partial charge is 0.475 e. The van der Waals surface area contributed by atoms with Gasteiger partial charge in [-0.3, -0.25) is 4.57 Å². The SMILES string of the molecule is NCC(Cn1ncn(CCc2ccc(-c3ccc(N4CCNCC4)cc3)s2)c1=O)=C(F)F.O=C(O)C(F)(F)F.O=C(O)C(F)(F)F. The number of rotatable bonds is 8. The lowest BCUT2D eigenvalue weighted by atomic mass is 10.1. The van der Waals surface area contributed by atoms with E-state index in [4.69, 9.17) is 25.5 Å². The zero-order valence-electron chi connectivity index (χ0n) is 23.6. The average molecular weight is 689 g/mol. The quantitative estimate of drug-likeness (QED) is 0.259. The van der Waals surface area contributed by atoms with Crippen LogP contribution in [0.2, 0.25) is 0 Å². The number of nitrogens with one attached hydrogen (secondary N) is 1. The summed E-state index contributed by atoms with van der Waals surface area (Å²) >= 11 is 1.69. The van der Waals surface area contributed by atoms with Crippen molar-refractivity contribution < 1.29 is 54.9 Å². The largest absolute Gasteiger partial charge is 0.490 e. The third-order valence-corrected chi connectivity index (χ3v) is 7.23. The molecule has 20 heteroatoms. The molecular weight excluding hydrogens is 660 g/mol. The Balaban J connectivity index is 0.000000440. The van der Waals surface area contributed by atoms with E-state index in [1.54, 1.807) is 11.3 Å². The number of anilines is 1. The number of hydrogen-bond donors (Lipinski definition) is 4. The number of benzene rings is 1. The van der Waals surface area contributed by atoms with Crippen molar-refractivity contribution >= 4 is 29.0 Å². The maximum absolute atomic E-state index is 12.8. The van der Waals surface area contributed by atoms with E-state index < -0.39 is 36.1 Å². The third-order valence-electron chi connectivity index (χ3n) is 6.03. The number of aliphatic carboxylic acids is 2. The summed E-state index contributed by atoms with van der Waals surface area (Å²) in [5.74, 6) is -5.51. The van der Waals surface area contributed by atoms with Crippen LogP contribution in [0.5, 0.6) is 0 Å². The number of nitrogens with two attached hydrogens (primary N) is 1. The maximum atomic E-state index is 12.8. The molecule has 5 N–H and O–H groups in total. The van der Waals surface area contributed by atoms with E-state index in [2.05, 4.69) is 51.7 Å². The summed E-state index contributed by atoms with van der Waals surface area (Å²) in [6.45, 7) is 3.88. The van der Waals surface area contributed by atoms with E-state index in [0.29, 0.717) is 13.0 Å². The molecule has 0 bridgehead atoms. The molecule has 1 fully saturated rings. The van der Waals surface area contributed by atoms with Gasteiger partial charge in [-0.15, -0.1) is 11.3 Å². The van der Waals surface area contributed by atoms with Crippen molar-refractivity contribution in [1.29, 1.82) is 0 Å². The molecule has 0 aliphatic carbocycles. The van der Waals surface area contributed by atoms with E-state index >= 15 is 0 Å². The molecule has 0 saturated carbocycles. The molecule has 1 aliphatic heterocycles. The van der Waals surface area contributed by atoms with Gasteiger partial charge in [0.25, 0.3) is 6.08 Å². The number of piperazine rings is 1. The van der Waals surface area contributed by atoms with Crippen LogP contribution in [0.4, 0.5) is 40.8 Å². The van der Waals surface area contributed by atoms with E-state index in [9.17, 15) is 39.9 Å². The highest BCUT2D eigenvalue weighted by molar-refractivity contribution is 7.15. The van der Waals surface area contributed by atoms with Crippen LogP contribution in [0, 0.1) is 0 Å². The number of nitrogens with zero attached hydrogens (tertiary/aromatic N) is 4. The van der Waals surface area contributed by atoms with Gasteiger partial charge in [0.2, 0.25) is 0 Å². The van der Waals surface area contributed by atoms with Gasteiger partial charge < -0.3 is 26.2 Å². The third kappa shape index (κ3) is 11.9. The number of thiophene rings is 1. The van der Waals surface area contributed by atoms with Crippen LogP contribution in [0.25, 0.3) is 10.4 Å². The first-order valence-electron chi connectivity index (χ1n) is 13.0. The van der Waals surface area contributed by atoms with Gasteiger partial charge in [-0.1, -0.05) is 12.1 Å². The van der Waals surface area contributed by atoms with Gasteiger partial charge in [-0.05, 0) is 36.2 Å². The Morgan fingerprint density at radius 3 is 1.96 bits per heavy atom. The molecule has 0 radical (unpaired) electrons. The van der Waals surface area contributed by atoms with Crippen molar-refractivity contribution in [2.75, 3.05) is 37.6 Å². The summed E-state index contributed by atoms with van der Waals surface area (Å²) < 4.78 is 91.5. The number of aromatic nitrogens is 3. The molecule has 1 aliphatic rings. The van der Waals surface area contributed by atoms with Gasteiger partial charge in [0.05, 0.1) is 6.54 Å². The van der Waals surface area contributed by atoms with Crippen LogP contribution in [-0.2, 0) is 29.1 Å². The maximum Gasteiger partial charge on any atom is 0.490 e. The summed E-state index contributed by atoms with van der Waals surface area (Å²) in [6.07, 6.45) is -9.98. The van der Waals surface area contributed by atoms with E-state index in [1.807, 2.05) is 0 Å². The van der Waals surface area contributed by atoms with Gasteiger partial charge in [0, 0.05) is 60.3 Å². The first-order valence-corrected chi connectivity index (χ1v) is 13.9. The van der Waals surface area contributed by atoms with Crippen molar-refractivity contribution in [3.63, 3.8) is 0 Å². The summed E-state index contributed by atoms with van der Waals surface area (Å²) in [6, 6.07) is 12.8. The number of halogens is 8. The van der Waals surface area contributed by atoms with Crippen LogP contribution in [-0.4, -0.2) is 81.6 Å². The van der Waals surface area contributed by atoms with Crippen LogP contribution in [0.1, 0.15) is 4.88 Å². The monoisotopic (exact) mass is 688 g/mol. The van der Waals surface area contributed by atoms with Gasteiger partial charge in [-0.2, -0.15) is 40.2 Å². The van der Waals surface area contributed by atoms with E-state index in [1.165, 1.54) is 27.0 Å². The summed E-state index contributed by atoms with van der Waals surface area (Å²) in [5.41, 5.74) is 7.02. The second-order valence-corrected chi connectivity index (χ2v) is 10.4. The number of alkyl halides is 6. The molecule has 2 aromatic heterocycles. The fourth-order valence-electron chi connectivity index (χ4n) is 3.67. The zero-order chi connectivity index (χ0) is 34.7. The van der Waals surface area contributed by atoms with Gasteiger partial charge in [0.1, 0.15) is 6.33 Å². The number of carbonyl (C=O) groups is 2. The van der Waals surface area contributed by atoms with Crippen molar-refractivity contribution in [3.05, 3.63) is 69.7 Å². The van der Waals surface area contributed by atoms with Crippen molar-refractivity contribution in [2.45, 2.75) is 31.9 Å². The molecule has 11 nitrogen and oxygen atoms in total. The molecule has 46 heavy (non-hydrogen) atoms. The van der Waals surface area contributed by atoms with Crippen LogP contribution < -0.4 is 21.6 Å². The van der Waals surface area contributed by atoms with Crippen molar-refractivity contribution in [2.24, 2.45) is 5.73 Å². The Bertz CT molecular complexity index is 1500. The van der Waals surface area contributed by atoms with Crippen molar-refractivity contribution in [3.8, 4) is 10.4 Å². The second-order valence-electron chi connectivity index (χ2n) is 9.24. The lowest BCUT2D eigenvalue weighted by Gasteiger charge is -2.29. The van der Waals surface area contributed by atoms with Gasteiger partial charge in [0.15, 0.2) is 0 Å². The number of carboxylic acid groups (broad SMARTS) is 2. The molecule has 1 saturated heterocycles. The normalized spacial score (nSPS) is 13.2. The van der Waals surface area contributed by atoms with Gasteiger partial charge >= 0.3 is 30.0 Å². The van der Waals surface area contributed by atoms with E-state index in [-0.39, 0.29) is 18.7 Å². The minimum atomic E-state index is -5.08. The fourth-order valence-corrected chi connectivity index (χ4v) is 4.68. The fraction of sp³-hybridized carbons (Fsp3) is 0.385. The summed E-state index contributed by atoms with van der Waals surface area (Å²) in [7, 11) is 0. The Morgan fingerprint density at radius 2 is 1.48 bits per heavy atom. The highest BCUT2D eigenvalue weighted by Gasteiger charge is 2.38. The Morgan fingerprint density at radius 1 is 0.935 bits per heavy atom. The molecule has 0 spiro atoms. The molecule has 0 amide bonds. The van der Waals surface area contributed by atoms with Crippen LogP contribution >= 0.6 is 11.3 Å². The highest BCUT2D eigenvalue weighted by Crippen LogP contribution is 2.30. The molecule has 0 atom stereocenters. The number of carboxylic acids is 2. The lowest BCUT2D eigenvalue weighted by Crippen LogP contribution is -2.43. The minimum Gasteiger partial charge on any atom is -0.475 e. The molecule has 3 heterocycles. The number of aryl methyl sites for hydroxylation is 2. The predicted octanol–water partition coefficient (Wildman–Crippen LogP) is 3.80. The highest BCUT2D eigenvalue weighted by atomic mass is 32.1. The Kier molecular flexibility index (Phi) is 13.9. The number of hydrogen-bond acceptors (Lipinski definition) is 8. The molecule has 3 aromatic rings. The van der Waals surface area contributed by atoms with E-state index in [0.717, 1.165) is 35.7 Å². The zero-order valence-corrected chi connectivity index (χ0v) is 24.4. The van der Waals surface area contributed by atoms with Crippen molar-refractivity contribution in [1.82, 2.24) is 19.7 Å². The molecule has 0 unspecified atom stereocenters. The lowest BCUT2D eigenvalue weighted by molar-refractivity contribution is -0.193. The minimum absolute atomic E-state index is 0.289. The summed E-state index contributed by atoms with van der Waals surface area (Å²) in [5, 5.41) is 21.6. The van der Waals surface area contributed by atoms with Crippen LogP contribution in [0.15, 0.2) is 59.2 Å². The molecule has 4 rings (SSSR count). The molecule has 1 aromatic carbocycles. The Hall–Kier alpha value is -4.30. The Labute approximate surface area is 259 Å². The first-order chi connectivity index (χ1) is 21.4. The second kappa shape index (κ2) is 16.9. The van der Waals surface area contributed by atoms with Crippen LogP contribution in [0.3, 0.4) is 0 Å². The topological polar surface area (TPSA) is 156 Å². The molecular formula is C26H28F8N6O5S. The standard InChI is InChI=1S/C22H26F2N6OS.2C2HF3O2/c23-21(24)17(13-25)14-30-22(31)29(15-27-30)10-7-19-5-6-20(32-19)16-1-3-18(4-2-16)28-11-8-26-9-12-28;2*3-2(4,5)1(6)7/h1-6,15,26H,7-14,25H2;2*(H,6,7).